The minimum Gasteiger partial charge on any atom is -0.308 e. The van der Waals surface area contributed by atoms with E-state index in [-0.39, 0.29) is 42.1 Å². The van der Waals surface area contributed by atoms with E-state index in [0.29, 0.717) is 5.56 Å². The lowest BCUT2D eigenvalue weighted by Gasteiger charge is -2.69. The molecular formula is C18H15F3N2O3. The number of benzene rings is 1. The average molecular weight is 364 g/mol. The molecule has 0 saturated heterocycles. The smallest absolute Gasteiger partial charge is 0.308 e. The van der Waals surface area contributed by atoms with Crippen molar-refractivity contribution in [3.63, 3.8) is 0 Å². The van der Waals surface area contributed by atoms with E-state index in [1.165, 1.54) is 22.9 Å². The summed E-state index contributed by atoms with van der Waals surface area (Å²) in [7, 11) is 0. The Balaban J connectivity index is 1.68. The molecule has 0 unspecified atom stereocenters. The SMILES string of the molecule is Cc1ccc(-n2cccc2C(=O)C23CC(C(F)(F)F)(C2)C3)c([N+](=O)[O-])c1. The number of hydrogen-bond acceptors (Lipinski definition) is 3. The highest BCUT2D eigenvalue weighted by molar-refractivity contribution is 6.02. The van der Waals surface area contributed by atoms with Crippen LogP contribution in [0.1, 0.15) is 35.3 Å². The van der Waals surface area contributed by atoms with E-state index in [4.69, 9.17) is 0 Å². The molecule has 2 bridgehead atoms. The van der Waals surface area contributed by atoms with Crippen LogP contribution in [0.4, 0.5) is 18.9 Å². The predicted octanol–water partition coefficient (Wildman–Crippen LogP) is 4.61. The number of Topliss-reactive ketones (excluding diaryl/α,β-unsaturated/α-hetero) is 1. The number of alkyl halides is 3. The predicted molar refractivity (Wildman–Crippen MR) is 86.3 cm³/mol. The summed E-state index contributed by atoms with van der Waals surface area (Å²) in [6, 6.07) is 7.72. The molecule has 136 valence electrons. The first kappa shape index (κ1) is 16.8. The quantitative estimate of drug-likeness (QED) is 0.452. The number of carbonyl (C=O) groups excluding carboxylic acids is 1. The number of nitro benzene ring substituents is 1. The van der Waals surface area contributed by atoms with Crippen LogP contribution in [0.2, 0.25) is 0 Å². The lowest BCUT2D eigenvalue weighted by Crippen LogP contribution is -2.71. The number of nitro groups is 1. The second kappa shape index (κ2) is 4.96. The summed E-state index contributed by atoms with van der Waals surface area (Å²) in [6.07, 6.45) is -3.33. The van der Waals surface area contributed by atoms with E-state index in [9.17, 15) is 28.1 Å². The normalized spacial score (nSPS) is 26.8. The van der Waals surface area contributed by atoms with Gasteiger partial charge in [0.2, 0.25) is 0 Å². The molecule has 0 aliphatic heterocycles. The lowest BCUT2D eigenvalue weighted by molar-refractivity contribution is -0.384. The Labute approximate surface area is 146 Å². The van der Waals surface area contributed by atoms with Crippen molar-refractivity contribution in [3.05, 3.63) is 57.9 Å². The molecule has 1 aromatic heterocycles. The van der Waals surface area contributed by atoms with E-state index in [0.717, 1.165) is 0 Å². The van der Waals surface area contributed by atoms with Gasteiger partial charge >= 0.3 is 6.18 Å². The van der Waals surface area contributed by atoms with Crippen molar-refractivity contribution in [3.8, 4) is 5.69 Å². The third kappa shape index (κ3) is 2.07. The number of nitrogens with zero attached hydrogens (tertiary/aromatic N) is 2. The number of rotatable bonds is 4. The van der Waals surface area contributed by atoms with Gasteiger partial charge in [-0.15, -0.1) is 0 Å². The third-order valence-corrected chi connectivity index (χ3v) is 5.68. The molecule has 3 aliphatic carbocycles. The summed E-state index contributed by atoms with van der Waals surface area (Å²) in [5.41, 5.74) is -1.73. The van der Waals surface area contributed by atoms with Crippen molar-refractivity contribution in [2.24, 2.45) is 10.8 Å². The summed E-state index contributed by atoms with van der Waals surface area (Å²) < 4.78 is 40.5. The van der Waals surface area contributed by atoms with Crippen LogP contribution in [0.15, 0.2) is 36.5 Å². The molecule has 0 amide bonds. The van der Waals surface area contributed by atoms with Crippen molar-refractivity contribution in [1.82, 2.24) is 4.57 Å². The maximum atomic E-state index is 13.0. The zero-order chi connectivity index (χ0) is 18.9. The molecule has 26 heavy (non-hydrogen) atoms. The van der Waals surface area contributed by atoms with E-state index >= 15 is 0 Å². The molecule has 0 atom stereocenters. The summed E-state index contributed by atoms with van der Waals surface area (Å²) >= 11 is 0. The second-order valence-electron chi connectivity index (χ2n) is 7.43. The van der Waals surface area contributed by atoms with E-state index in [2.05, 4.69) is 0 Å². The Bertz CT molecular complexity index is 926. The van der Waals surface area contributed by atoms with Gasteiger partial charge < -0.3 is 4.57 Å². The fraction of sp³-hybridized carbons (Fsp3) is 0.389. The van der Waals surface area contributed by atoms with Crippen LogP contribution < -0.4 is 0 Å². The van der Waals surface area contributed by atoms with Gasteiger partial charge in [0.15, 0.2) is 5.78 Å². The summed E-state index contributed by atoms with van der Waals surface area (Å²) in [5, 5.41) is 11.4. The fourth-order valence-corrected chi connectivity index (χ4v) is 4.36. The Hall–Kier alpha value is -2.64. The summed E-state index contributed by atoms with van der Waals surface area (Å²) in [6.45, 7) is 1.72. The van der Waals surface area contributed by atoms with E-state index in [1.807, 2.05) is 0 Å². The Kier molecular flexibility index (Phi) is 3.21. The number of halogens is 3. The number of aryl methyl sites for hydroxylation is 1. The molecular weight excluding hydrogens is 349 g/mol. The van der Waals surface area contributed by atoms with Crippen LogP contribution in [0.25, 0.3) is 5.69 Å². The highest BCUT2D eigenvalue weighted by Crippen LogP contribution is 2.79. The minimum atomic E-state index is -4.28. The Morgan fingerprint density at radius 2 is 1.88 bits per heavy atom. The molecule has 3 saturated carbocycles. The molecule has 0 radical (unpaired) electrons. The van der Waals surface area contributed by atoms with E-state index in [1.54, 1.807) is 25.1 Å². The van der Waals surface area contributed by atoms with Crippen molar-refractivity contribution < 1.29 is 22.9 Å². The van der Waals surface area contributed by atoms with Gasteiger partial charge in [0.1, 0.15) is 5.69 Å². The summed E-state index contributed by atoms with van der Waals surface area (Å²) in [5.74, 6) is -0.372. The number of carbonyl (C=O) groups is 1. The van der Waals surface area contributed by atoms with Gasteiger partial charge in [-0.05, 0) is 49.9 Å². The van der Waals surface area contributed by atoms with Gasteiger partial charge in [0.05, 0.1) is 16.0 Å². The molecule has 8 heteroatoms. The molecule has 5 rings (SSSR count). The lowest BCUT2D eigenvalue weighted by atomic mass is 9.33. The standard InChI is InChI=1S/C18H15F3N2O3/c1-11-4-5-12(14(7-11)23(25)26)22-6-2-3-13(22)15(24)16-8-17(9-16,10-16)18(19,20)21/h2-7H,8-10H2,1H3. The third-order valence-electron chi connectivity index (χ3n) is 5.68. The molecule has 5 nitrogen and oxygen atoms in total. The molecule has 1 aromatic carbocycles. The van der Waals surface area contributed by atoms with Crippen molar-refractivity contribution >= 4 is 11.5 Å². The van der Waals surface area contributed by atoms with Crippen LogP contribution in [0, 0.1) is 27.9 Å². The van der Waals surface area contributed by atoms with Gasteiger partial charge in [-0.2, -0.15) is 13.2 Å². The van der Waals surface area contributed by atoms with Gasteiger partial charge in [0, 0.05) is 17.7 Å². The first-order chi connectivity index (χ1) is 12.1. The molecule has 2 aromatic rings. The first-order valence-corrected chi connectivity index (χ1v) is 8.13. The largest absolute Gasteiger partial charge is 0.394 e. The fourth-order valence-electron chi connectivity index (χ4n) is 4.36. The Morgan fingerprint density at radius 1 is 1.23 bits per heavy atom. The zero-order valence-corrected chi connectivity index (χ0v) is 13.8. The molecule has 1 heterocycles. The first-order valence-electron chi connectivity index (χ1n) is 8.13. The number of aromatic nitrogens is 1. The van der Waals surface area contributed by atoms with Crippen LogP contribution >= 0.6 is 0 Å². The van der Waals surface area contributed by atoms with Crippen molar-refractivity contribution in [2.75, 3.05) is 0 Å². The van der Waals surface area contributed by atoms with Crippen LogP contribution in [0.3, 0.4) is 0 Å². The molecule has 3 fully saturated rings. The number of ketones is 1. The van der Waals surface area contributed by atoms with Crippen LogP contribution in [-0.2, 0) is 0 Å². The maximum absolute atomic E-state index is 13.0. The monoisotopic (exact) mass is 364 g/mol. The zero-order valence-electron chi connectivity index (χ0n) is 13.8. The van der Waals surface area contributed by atoms with Crippen LogP contribution in [-0.4, -0.2) is 21.4 Å². The van der Waals surface area contributed by atoms with Gasteiger partial charge in [-0.25, -0.2) is 0 Å². The number of hydrogen-bond donors (Lipinski definition) is 0. The van der Waals surface area contributed by atoms with Gasteiger partial charge in [-0.1, -0.05) is 6.07 Å². The highest BCUT2D eigenvalue weighted by Gasteiger charge is 2.80. The van der Waals surface area contributed by atoms with Crippen molar-refractivity contribution in [1.29, 1.82) is 0 Å². The minimum absolute atomic E-state index is 0.153. The average Bonchev–Trinajstić information content (AvgIpc) is 2.91. The maximum Gasteiger partial charge on any atom is 0.394 e. The molecule has 0 spiro atoms. The van der Waals surface area contributed by atoms with Crippen molar-refractivity contribution in [2.45, 2.75) is 32.4 Å². The van der Waals surface area contributed by atoms with E-state index < -0.39 is 21.9 Å². The van der Waals surface area contributed by atoms with Crippen LogP contribution in [0.5, 0.6) is 0 Å². The molecule has 3 aliphatic rings. The second-order valence-corrected chi connectivity index (χ2v) is 7.43. The van der Waals surface area contributed by atoms with Gasteiger partial charge in [-0.3, -0.25) is 14.9 Å². The molecule has 0 N–H and O–H groups in total. The highest BCUT2D eigenvalue weighted by atomic mass is 19.4. The topological polar surface area (TPSA) is 65.1 Å². The van der Waals surface area contributed by atoms with Gasteiger partial charge in [0.25, 0.3) is 5.69 Å². The summed E-state index contributed by atoms with van der Waals surface area (Å²) in [4.78, 5) is 23.7. The Morgan fingerprint density at radius 3 is 2.46 bits per heavy atom.